The first-order valence-corrected chi connectivity index (χ1v) is 10.5. The van der Waals surface area contributed by atoms with E-state index in [1.54, 1.807) is 24.3 Å². The molecule has 3 rings (SSSR count). The highest BCUT2D eigenvalue weighted by atomic mass is 79.9. The molecule has 9 heteroatoms. The van der Waals surface area contributed by atoms with E-state index in [0.717, 1.165) is 21.8 Å². The Hall–Kier alpha value is -1.84. The number of aryl methyl sites for hydroxylation is 1. The van der Waals surface area contributed by atoms with Crippen molar-refractivity contribution in [3.05, 3.63) is 52.5 Å². The average molecular weight is 440 g/mol. The quantitative estimate of drug-likeness (QED) is 0.762. The lowest BCUT2D eigenvalue weighted by atomic mass is 10.2. The summed E-state index contributed by atoms with van der Waals surface area (Å²) in [7, 11) is -3.75. The van der Waals surface area contributed by atoms with Crippen LogP contribution in [-0.4, -0.2) is 25.2 Å². The van der Waals surface area contributed by atoms with Gasteiger partial charge in [-0.15, -0.1) is 4.40 Å². The molecule has 25 heavy (non-hydrogen) atoms. The predicted octanol–water partition coefficient (Wildman–Crippen LogP) is 3.60. The van der Waals surface area contributed by atoms with Crippen LogP contribution in [0.25, 0.3) is 0 Å². The summed E-state index contributed by atoms with van der Waals surface area (Å²) in [4.78, 5) is 12.2. The number of nitrogens with zero attached hydrogens (tertiary/aromatic N) is 1. The molecule has 2 N–H and O–H groups in total. The Balaban J connectivity index is 1.68. The molecular weight excluding hydrogens is 426 g/mol. The van der Waals surface area contributed by atoms with Gasteiger partial charge in [-0.2, -0.15) is 8.42 Å². The molecule has 0 spiro atoms. The first-order chi connectivity index (χ1) is 11.8. The molecule has 0 unspecified atom stereocenters. The number of fused-ring (bicyclic) bond motifs is 1. The van der Waals surface area contributed by atoms with Crippen molar-refractivity contribution in [2.75, 3.05) is 16.4 Å². The van der Waals surface area contributed by atoms with E-state index in [1.807, 2.05) is 19.1 Å². The van der Waals surface area contributed by atoms with Crippen LogP contribution in [0.4, 0.5) is 11.4 Å². The van der Waals surface area contributed by atoms with Crippen LogP contribution in [-0.2, 0) is 14.8 Å². The van der Waals surface area contributed by atoms with Crippen molar-refractivity contribution in [1.29, 1.82) is 0 Å². The lowest BCUT2D eigenvalue weighted by Gasteiger charge is -2.18. The van der Waals surface area contributed by atoms with Gasteiger partial charge >= 0.3 is 0 Å². The Morgan fingerprint density at radius 1 is 1.28 bits per heavy atom. The van der Waals surface area contributed by atoms with Crippen molar-refractivity contribution in [3.8, 4) is 0 Å². The molecule has 0 aliphatic carbocycles. The van der Waals surface area contributed by atoms with Gasteiger partial charge in [-0.1, -0.05) is 39.8 Å². The van der Waals surface area contributed by atoms with Crippen molar-refractivity contribution < 1.29 is 13.2 Å². The molecule has 1 heterocycles. The molecule has 1 amide bonds. The lowest BCUT2D eigenvalue weighted by molar-refractivity contribution is -0.113. The van der Waals surface area contributed by atoms with Gasteiger partial charge in [0, 0.05) is 10.2 Å². The zero-order valence-corrected chi connectivity index (χ0v) is 16.3. The molecule has 0 atom stereocenters. The fourth-order valence-electron chi connectivity index (χ4n) is 2.22. The summed E-state index contributed by atoms with van der Waals surface area (Å²) in [5, 5.41) is 5.90. The topological polar surface area (TPSA) is 87.6 Å². The summed E-state index contributed by atoms with van der Waals surface area (Å²) < 4.78 is 29.0. The van der Waals surface area contributed by atoms with Gasteiger partial charge < -0.3 is 10.6 Å². The summed E-state index contributed by atoms with van der Waals surface area (Å²) >= 11 is 4.37. The molecule has 0 saturated carbocycles. The number of carbonyl (C=O) groups is 1. The molecule has 0 saturated heterocycles. The average Bonchev–Trinajstić information content (AvgIpc) is 2.52. The number of halogens is 1. The number of benzene rings is 2. The van der Waals surface area contributed by atoms with Gasteiger partial charge in [-0.05, 0) is 42.8 Å². The van der Waals surface area contributed by atoms with E-state index in [9.17, 15) is 13.2 Å². The Morgan fingerprint density at radius 3 is 2.84 bits per heavy atom. The van der Waals surface area contributed by atoms with E-state index < -0.39 is 10.0 Å². The van der Waals surface area contributed by atoms with Crippen LogP contribution in [0.2, 0.25) is 0 Å². The van der Waals surface area contributed by atoms with Gasteiger partial charge in [0.05, 0.1) is 11.4 Å². The van der Waals surface area contributed by atoms with E-state index in [2.05, 4.69) is 31.0 Å². The van der Waals surface area contributed by atoms with E-state index in [4.69, 9.17) is 0 Å². The Bertz CT molecular complexity index is 974. The highest BCUT2D eigenvalue weighted by molar-refractivity contribution is 9.10. The fourth-order valence-corrected chi connectivity index (χ4v) is 4.64. The number of hydrogen-bond donors (Lipinski definition) is 2. The van der Waals surface area contributed by atoms with Crippen molar-refractivity contribution in [2.45, 2.75) is 11.8 Å². The van der Waals surface area contributed by atoms with Crippen molar-refractivity contribution in [2.24, 2.45) is 4.40 Å². The van der Waals surface area contributed by atoms with Crippen molar-refractivity contribution >= 4 is 60.2 Å². The van der Waals surface area contributed by atoms with E-state index in [0.29, 0.717) is 11.4 Å². The number of rotatable bonds is 3. The molecule has 1 aliphatic heterocycles. The molecular formula is C16H14BrN3O3S2. The monoisotopic (exact) mass is 439 g/mol. The molecule has 0 bridgehead atoms. The second-order valence-corrected chi connectivity index (χ2v) is 8.80. The first kappa shape index (κ1) is 18.0. The molecule has 6 nitrogen and oxygen atoms in total. The largest absolute Gasteiger partial charge is 0.333 e. The fraction of sp³-hybridized carbons (Fsp3) is 0.125. The second-order valence-electron chi connectivity index (χ2n) is 5.34. The number of carbonyl (C=O) groups excluding carboxylic acids is 1. The maximum absolute atomic E-state index is 12.2. The lowest BCUT2D eigenvalue weighted by Crippen LogP contribution is -2.22. The van der Waals surface area contributed by atoms with E-state index in [-0.39, 0.29) is 21.7 Å². The minimum absolute atomic E-state index is 0.0367. The highest BCUT2D eigenvalue weighted by Crippen LogP contribution is 2.30. The Labute approximate surface area is 158 Å². The second kappa shape index (κ2) is 7.19. The van der Waals surface area contributed by atoms with E-state index in [1.165, 1.54) is 6.07 Å². The van der Waals surface area contributed by atoms with Crippen LogP contribution in [0.15, 0.2) is 56.2 Å². The zero-order valence-electron chi connectivity index (χ0n) is 13.1. The number of nitrogens with one attached hydrogen (secondary N) is 2. The first-order valence-electron chi connectivity index (χ1n) is 7.24. The number of hydrogen-bond acceptors (Lipinski definition) is 5. The Kier molecular flexibility index (Phi) is 5.16. The van der Waals surface area contributed by atoms with Crippen LogP contribution in [0, 0.1) is 6.92 Å². The number of sulfonamides is 1. The summed E-state index contributed by atoms with van der Waals surface area (Å²) in [5.41, 5.74) is 2.07. The van der Waals surface area contributed by atoms with Gasteiger partial charge in [0.1, 0.15) is 4.90 Å². The molecule has 130 valence electrons. The van der Waals surface area contributed by atoms with Crippen LogP contribution in [0.5, 0.6) is 0 Å². The van der Waals surface area contributed by atoms with Crippen molar-refractivity contribution in [1.82, 2.24) is 0 Å². The molecule has 0 fully saturated rings. The van der Waals surface area contributed by atoms with Crippen LogP contribution >= 0.6 is 27.7 Å². The van der Waals surface area contributed by atoms with Gasteiger partial charge in [0.15, 0.2) is 5.17 Å². The maximum atomic E-state index is 12.2. The molecule has 2 aromatic rings. The van der Waals surface area contributed by atoms with Gasteiger partial charge in [-0.25, -0.2) is 0 Å². The molecule has 0 aromatic heterocycles. The van der Waals surface area contributed by atoms with Crippen LogP contribution < -0.4 is 10.6 Å². The number of anilines is 2. The SMILES string of the molecule is Cc1ccc2c(c1)NC(SCC(=O)Nc1cccc(Br)c1)=NS2(=O)=O. The Morgan fingerprint density at radius 2 is 2.08 bits per heavy atom. The highest BCUT2D eigenvalue weighted by Gasteiger charge is 2.25. The minimum Gasteiger partial charge on any atom is -0.333 e. The minimum atomic E-state index is -3.75. The van der Waals surface area contributed by atoms with Gasteiger partial charge in [0.25, 0.3) is 10.0 Å². The smallest absolute Gasteiger partial charge is 0.286 e. The molecule has 2 aromatic carbocycles. The van der Waals surface area contributed by atoms with Crippen molar-refractivity contribution in [3.63, 3.8) is 0 Å². The zero-order chi connectivity index (χ0) is 18.0. The predicted molar refractivity (Wildman–Crippen MR) is 105 cm³/mol. The summed E-state index contributed by atoms with van der Waals surface area (Å²) in [5.74, 6) is -0.213. The molecule has 1 aliphatic rings. The summed E-state index contributed by atoms with van der Waals surface area (Å²) in [6.07, 6.45) is 0. The normalized spacial score (nSPS) is 14.9. The third-order valence-electron chi connectivity index (χ3n) is 3.31. The number of amidine groups is 1. The van der Waals surface area contributed by atoms with Crippen LogP contribution in [0.3, 0.4) is 0 Å². The summed E-state index contributed by atoms with van der Waals surface area (Å²) in [6, 6.07) is 12.2. The summed E-state index contributed by atoms with van der Waals surface area (Å²) in [6.45, 7) is 1.87. The number of thioether (sulfide) groups is 1. The van der Waals surface area contributed by atoms with Gasteiger partial charge in [-0.3, -0.25) is 4.79 Å². The van der Waals surface area contributed by atoms with Crippen LogP contribution in [0.1, 0.15) is 5.56 Å². The third kappa shape index (κ3) is 4.42. The maximum Gasteiger partial charge on any atom is 0.286 e. The van der Waals surface area contributed by atoms with Gasteiger partial charge in [0.2, 0.25) is 5.91 Å². The van der Waals surface area contributed by atoms with E-state index >= 15 is 0 Å². The third-order valence-corrected chi connectivity index (χ3v) is 6.12. The standard InChI is InChI=1S/C16H14BrN3O3S2/c1-10-5-6-14-13(7-10)19-16(20-25(14,22)23)24-9-15(21)18-12-4-2-3-11(17)8-12/h2-8H,9H2,1H3,(H,18,21)(H,19,20). The number of amides is 1. The molecule has 0 radical (unpaired) electrons.